The van der Waals surface area contributed by atoms with Crippen molar-refractivity contribution in [3.8, 4) is 11.3 Å². The number of carboxylic acids is 1. The molecule has 3 rings (SSSR count). The van der Waals surface area contributed by atoms with E-state index in [9.17, 15) is 9.90 Å². The predicted octanol–water partition coefficient (Wildman–Crippen LogP) is 1.10. The van der Waals surface area contributed by atoms with Crippen LogP contribution in [0.2, 0.25) is 0 Å². The molecule has 9 heteroatoms. The standard InChI is InChI=1S/C13H10N6O3/c14-13-16-17-18-19(13)15-7-8-5-6-11(22-8)9-3-1-2-4-10(9)12(20)21/h1-7H,(H,20,21)(H2,14,16,18). The second-order valence-electron chi connectivity index (χ2n) is 4.22. The Labute approximate surface area is 123 Å². The second-order valence-corrected chi connectivity index (χ2v) is 4.22. The maximum absolute atomic E-state index is 11.2. The molecule has 1 aromatic carbocycles. The van der Waals surface area contributed by atoms with Crippen molar-refractivity contribution in [3.05, 3.63) is 47.7 Å². The van der Waals surface area contributed by atoms with Gasteiger partial charge in [0.2, 0.25) is 0 Å². The zero-order chi connectivity index (χ0) is 15.5. The zero-order valence-corrected chi connectivity index (χ0v) is 11.1. The van der Waals surface area contributed by atoms with Gasteiger partial charge < -0.3 is 15.3 Å². The molecular formula is C13H10N6O3. The van der Waals surface area contributed by atoms with Crippen molar-refractivity contribution in [2.75, 3.05) is 5.73 Å². The van der Waals surface area contributed by atoms with Crippen LogP contribution in [-0.2, 0) is 0 Å². The van der Waals surface area contributed by atoms with Crippen LogP contribution in [0.5, 0.6) is 0 Å². The number of hydrogen-bond acceptors (Lipinski definition) is 7. The minimum Gasteiger partial charge on any atom is -0.478 e. The van der Waals surface area contributed by atoms with E-state index in [1.807, 2.05) is 0 Å². The monoisotopic (exact) mass is 298 g/mol. The van der Waals surface area contributed by atoms with Gasteiger partial charge in [0.25, 0.3) is 5.95 Å². The molecule has 2 aromatic heterocycles. The Hall–Kier alpha value is -3.49. The number of nitrogens with zero attached hydrogens (tertiary/aromatic N) is 5. The summed E-state index contributed by atoms with van der Waals surface area (Å²) >= 11 is 0. The Balaban J connectivity index is 1.90. The summed E-state index contributed by atoms with van der Waals surface area (Å²) in [4.78, 5) is 12.2. The van der Waals surface area contributed by atoms with Gasteiger partial charge in [-0.1, -0.05) is 28.1 Å². The number of rotatable bonds is 4. The molecule has 22 heavy (non-hydrogen) atoms. The van der Waals surface area contributed by atoms with Crippen LogP contribution in [0.3, 0.4) is 0 Å². The average molecular weight is 298 g/mol. The fourth-order valence-electron chi connectivity index (χ4n) is 1.83. The van der Waals surface area contributed by atoms with Gasteiger partial charge in [0.1, 0.15) is 11.5 Å². The van der Waals surface area contributed by atoms with Gasteiger partial charge in [-0.25, -0.2) is 4.79 Å². The molecule has 0 radical (unpaired) electrons. The van der Waals surface area contributed by atoms with E-state index in [2.05, 4.69) is 20.6 Å². The minimum atomic E-state index is -1.02. The lowest BCUT2D eigenvalue weighted by atomic mass is 10.1. The van der Waals surface area contributed by atoms with Crippen LogP contribution in [0.1, 0.15) is 16.1 Å². The number of aromatic carboxylic acids is 1. The quantitative estimate of drug-likeness (QED) is 0.689. The van der Waals surface area contributed by atoms with Crippen molar-refractivity contribution in [2.24, 2.45) is 5.10 Å². The summed E-state index contributed by atoms with van der Waals surface area (Å²) < 4.78 is 5.56. The molecule has 0 amide bonds. The Kier molecular flexibility index (Phi) is 3.36. The summed E-state index contributed by atoms with van der Waals surface area (Å²) in [6.45, 7) is 0. The van der Waals surface area contributed by atoms with E-state index in [4.69, 9.17) is 10.2 Å². The fourth-order valence-corrected chi connectivity index (χ4v) is 1.83. The van der Waals surface area contributed by atoms with Gasteiger partial charge in [-0.15, -0.1) is 0 Å². The number of furan rings is 1. The highest BCUT2D eigenvalue weighted by Gasteiger charge is 2.13. The fraction of sp³-hybridized carbons (Fsp3) is 0. The third-order valence-electron chi connectivity index (χ3n) is 2.82. The molecule has 0 aliphatic rings. The average Bonchev–Trinajstić information content (AvgIpc) is 3.14. The number of anilines is 1. The molecule has 0 saturated carbocycles. The Bertz CT molecular complexity index is 851. The molecule has 3 N–H and O–H groups in total. The van der Waals surface area contributed by atoms with Gasteiger partial charge in [0, 0.05) is 5.56 Å². The van der Waals surface area contributed by atoms with Crippen LogP contribution in [-0.4, -0.2) is 37.6 Å². The van der Waals surface area contributed by atoms with Crippen molar-refractivity contribution in [1.82, 2.24) is 20.3 Å². The minimum absolute atomic E-state index is 0.0410. The van der Waals surface area contributed by atoms with Crippen LogP contribution in [0.4, 0.5) is 5.95 Å². The summed E-state index contributed by atoms with van der Waals surface area (Å²) in [5.74, 6) is -0.155. The van der Waals surface area contributed by atoms with Gasteiger partial charge in [0.05, 0.1) is 11.8 Å². The van der Waals surface area contributed by atoms with Crippen LogP contribution in [0, 0.1) is 0 Å². The Morgan fingerprint density at radius 1 is 1.32 bits per heavy atom. The molecule has 9 nitrogen and oxygen atoms in total. The molecule has 3 aromatic rings. The zero-order valence-electron chi connectivity index (χ0n) is 11.1. The van der Waals surface area contributed by atoms with Crippen molar-refractivity contribution in [2.45, 2.75) is 0 Å². The van der Waals surface area contributed by atoms with E-state index in [0.717, 1.165) is 4.79 Å². The van der Waals surface area contributed by atoms with E-state index in [1.54, 1.807) is 30.3 Å². The highest BCUT2D eigenvalue weighted by atomic mass is 16.4. The Morgan fingerprint density at radius 3 is 2.86 bits per heavy atom. The van der Waals surface area contributed by atoms with Crippen molar-refractivity contribution in [3.63, 3.8) is 0 Å². The molecule has 0 bridgehead atoms. The van der Waals surface area contributed by atoms with E-state index in [0.29, 0.717) is 17.1 Å². The number of benzene rings is 1. The summed E-state index contributed by atoms with van der Waals surface area (Å²) in [7, 11) is 0. The number of nitrogen functional groups attached to an aromatic ring is 1. The van der Waals surface area contributed by atoms with Gasteiger partial charge in [-0.05, 0) is 28.6 Å². The van der Waals surface area contributed by atoms with E-state index >= 15 is 0 Å². The van der Waals surface area contributed by atoms with Crippen LogP contribution < -0.4 is 5.73 Å². The first-order valence-corrected chi connectivity index (χ1v) is 6.16. The van der Waals surface area contributed by atoms with Crippen molar-refractivity contribution >= 4 is 18.1 Å². The predicted molar refractivity (Wildman–Crippen MR) is 76.3 cm³/mol. The first-order valence-electron chi connectivity index (χ1n) is 6.16. The molecule has 0 saturated heterocycles. The van der Waals surface area contributed by atoms with Crippen molar-refractivity contribution < 1.29 is 14.3 Å². The lowest BCUT2D eigenvalue weighted by Crippen LogP contribution is -1.99. The summed E-state index contributed by atoms with van der Waals surface area (Å²) in [5, 5.41) is 23.5. The molecule has 0 spiro atoms. The van der Waals surface area contributed by atoms with Gasteiger partial charge in [-0.2, -0.15) is 5.10 Å². The lowest BCUT2D eigenvalue weighted by Gasteiger charge is -2.01. The number of nitrogens with two attached hydrogens (primary N) is 1. The molecule has 0 fully saturated rings. The summed E-state index contributed by atoms with van der Waals surface area (Å²) in [6.07, 6.45) is 1.37. The summed E-state index contributed by atoms with van der Waals surface area (Å²) in [6, 6.07) is 9.88. The molecule has 0 atom stereocenters. The highest BCUT2D eigenvalue weighted by Crippen LogP contribution is 2.25. The highest BCUT2D eigenvalue weighted by molar-refractivity contribution is 5.95. The molecule has 0 unspecified atom stereocenters. The summed E-state index contributed by atoms with van der Waals surface area (Å²) in [5.41, 5.74) is 6.11. The number of carbonyl (C=O) groups is 1. The van der Waals surface area contributed by atoms with Crippen LogP contribution in [0.25, 0.3) is 11.3 Å². The first kappa shape index (κ1) is 13.5. The molecule has 0 aliphatic heterocycles. The smallest absolute Gasteiger partial charge is 0.336 e. The maximum Gasteiger partial charge on any atom is 0.336 e. The molecule has 0 aliphatic carbocycles. The van der Waals surface area contributed by atoms with E-state index in [-0.39, 0.29) is 11.5 Å². The van der Waals surface area contributed by atoms with E-state index < -0.39 is 5.97 Å². The normalized spacial score (nSPS) is 11.1. The number of tetrazole rings is 1. The van der Waals surface area contributed by atoms with Gasteiger partial charge >= 0.3 is 5.97 Å². The van der Waals surface area contributed by atoms with Gasteiger partial charge in [-0.3, -0.25) is 0 Å². The largest absolute Gasteiger partial charge is 0.478 e. The number of hydrogen-bond donors (Lipinski definition) is 2. The van der Waals surface area contributed by atoms with Crippen molar-refractivity contribution in [1.29, 1.82) is 0 Å². The number of carboxylic acid groups (broad SMARTS) is 1. The second kappa shape index (κ2) is 5.48. The number of aromatic nitrogens is 4. The topological polar surface area (TPSA) is 132 Å². The third kappa shape index (κ3) is 2.54. The lowest BCUT2D eigenvalue weighted by molar-refractivity contribution is 0.0697. The van der Waals surface area contributed by atoms with Crippen LogP contribution >= 0.6 is 0 Å². The molecule has 2 heterocycles. The molecule has 110 valence electrons. The maximum atomic E-state index is 11.2. The van der Waals surface area contributed by atoms with E-state index in [1.165, 1.54) is 12.3 Å². The van der Waals surface area contributed by atoms with Crippen LogP contribution in [0.15, 0.2) is 45.9 Å². The first-order chi connectivity index (χ1) is 10.6. The molecular weight excluding hydrogens is 288 g/mol. The van der Waals surface area contributed by atoms with Gasteiger partial charge in [0.15, 0.2) is 0 Å². The Morgan fingerprint density at radius 2 is 2.14 bits per heavy atom. The third-order valence-corrected chi connectivity index (χ3v) is 2.82. The SMILES string of the molecule is Nc1nnnn1N=Cc1ccc(-c2ccccc2C(=O)O)o1.